The molecule has 0 spiro atoms. The van der Waals surface area contributed by atoms with E-state index in [1.807, 2.05) is 6.07 Å². The highest BCUT2D eigenvalue weighted by Gasteiger charge is 2.23. The molecular formula is C18H22N2O5S2. The maximum absolute atomic E-state index is 12.5. The Morgan fingerprint density at radius 3 is 2.56 bits per heavy atom. The molecule has 1 heterocycles. The Labute approximate surface area is 160 Å². The number of methoxy groups -OCH3 is 1. The Bertz CT molecular complexity index is 1050. The van der Waals surface area contributed by atoms with Crippen molar-refractivity contribution in [3.8, 4) is 5.75 Å². The van der Waals surface area contributed by atoms with E-state index in [1.165, 1.54) is 17.7 Å². The fourth-order valence-corrected chi connectivity index (χ4v) is 5.05. The van der Waals surface area contributed by atoms with Crippen molar-refractivity contribution in [3.05, 3.63) is 59.2 Å². The van der Waals surface area contributed by atoms with Gasteiger partial charge in [0.05, 0.1) is 19.1 Å². The third-order valence-corrected chi connectivity index (χ3v) is 6.93. The first kappa shape index (κ1) is 19.7. The molecule has 2 aromatic carbocycles. The monoisotopic (exact) mass is 410 g/mol. The molecule has 0 aliphatic carbocycles. The number of benzene rings is 2. The van der Waals surface area contributed by atoms with E-state index < -0.39 is 20.0 Å². The Kier molecular flexibility index (Phi) is 5.45. The van der Waals surface area contributed by atoms with Gasteiger partial charge >= 0.3 is 0 Å². The molecule has 0 unspecified atom stereocenters. The van der Waals surface area contributed by atoms with Gasteiger partial charge in [-0.05, 0) is 47.4 Å². The van der Waals surface area contributed by atoms with Crippen LogP contribution in [0.15, 0.2) is 42.5 Å². The molecule has 2 aromatic rings. The van der Waals surface area contributed by atoms with E-state index >= 15 is 0 Å². The van der Waals surface area contributed by atoms with Crippen LogP contribution in [0.3, 0.4) is 0 Å². The molecule has 0 atom stereocenters. The highest BCUT2D eigenvalue weighted by atomic mass is 32.2. The number of nitrogens with zero attached hydrogens (tertiary/aromatic N) is 1. The van der Waals surface area contributed by atoms with Crippen molar-refractivity contribution in [1.82, 2.24) is 4.31 Å². The minimum Gasteiger partial charge on any atom is -0.497 e. The number of anilines is 1. The number of nitrogens with one attached hydrogen (secondary N) is 1. The normalized spacial score (nSPS) is 15.2. The maximum atomic E-state index is 12.5. The van der Waals surface area contributed by atoms with Crippen LogP contribution in [-0.4, -0.2) is 41.1 Å². The number of ether oxygens (including phenoxy) is 1. The van der Waals surface area contributed by atoms with Gasteiger partial charge in [-0.15, -0.1) is 0 Å². The number of fused-ring (bicyclic) bond motifs is 1. The number of sulfonamides is 2. The molecule has 0 saturated carbocycles. The van der Waals surface area contributed by atoms with Crippen molar-refractivity contribution in [2.45, 2.75) is 18.7 Å². The molecule has 9 heteroatoms. The minimum atomic E-state index is -3.62. The van der Waals surface area contributed by atoms with Crippen LogP contribution < -0.4 is 9.46 Å². The fraction of sp³-hybridized carbons (Fsp3) is 0.333. The SMILES string of the molecule is COc1cccc(CS(=O)(=O)Nc2ccc3c(c2)CN(S(C)(=O)=O)CC3)c1. The molecule has 0 saturated heterocycles. The van der Waals surface area contributed by atoms with Crippen LogP contribution in [0.2, 0.25) is 0 Å². The number of hydrogen-bond acceptors (Lipinski definition) is 5. The van der Waals surface area contributed by atoms with Gasteiger partial charge in [-0.25, -0.2) is 16.8 Å². The van der Waals surface area contributed by atoms with Gasteiger partial charge in [0.15, 0.2) is 0 Å². The summed E-state index contributed by atoms with van der Waals surface area (Å²) < 4.78 is 57.6. The summed E-state index contributed by atoms with van der Waals surface area (Å²) in [5, 5.41) is 0. The van der Waals surface area contributed by atoms with E-state index in [-0.39, 0.29) is 12.3 Å². The first-order valence-electron chi connectivity index (χ1n) is 8.37. The van der Waals surface area contributed by atoms with Gasteiger partial charge in [-0.1, -0.05) is 18.2 Å². The second-order valence-electron chi connectivity index (χ2n) is 6.54. The highest BCUT2D eigenvalue weighted by molar-refractivity contribution is 7.91. The zero-order valence-corrected chi connectivity index (χ0v) is 16.8. The lowest BCUT2D eigenvalue weighted by Gasteiger charge is -2.27. The van der Waals surface area contributed by atoms with Gasteiger partial charge in [0.1, 0.15) is 5.75 Å². The molecular weight excluding hydrogens is 388 g/mol. The zero-order chi connectivity index (χ0) is 19.7. The van der Waals surface area contributed by atoms with Crippen molar-refractivity contribution < 1.29 is 21.6 Å². The van der Waals surface area contributed by atoms with Gasteiger partial charge in [0, 0.05) is 18.8 Å². The topological polar surface area (TPSA) is 92.8 Å². The first-order valence-corrected chi connectivity index (χ1v) is 11.9. The molecule has 3 rings (SSSR count). The zero-order valence-electron chi connectivity index (χ0n) is 15.2. The van der Waals surface area contributed by atoms with Gasteiger partial charge in [0.25, 0.3) is 0 Å². The molecule has 1 N–H and O–H groups in total. The third-order valence-electron chi connectivity index (χ3n) is 4.42. The lowest BCUT2D eigenvalue weighted by atomic mass is 10.0. The first-order chi connectivity index (χ1) is 12.7. The average molecular weight is 411 g/mol. The Morgan fingerprint density at radius 1 is 1.07 bits per heavy atom. The Morgan fingerprint density at radius 2 is 1.85 bits per heavy atom. The second kappa shape index (κ2) is 7.49. The van der Waals surface area contributed by atoms with Gasteiger partial charge in [-0.2, -0.15) is 4.31 Å². The Balaban J connectivity index is 1.77. The molecule has 0 radical (unpaired) electrons. The summed E-state index contributed by atoms with van der Waals surface area (Å²) in [6.07, 6.45) is 1.79. The number of rotatable bonds is 6. The summed E-state index contributed by atoms with van der Waals surface area (Å²) in [6, 6.07) is 12.1. The van der Waals surface area contributed by atoms with Crippen LogP contribution in [0.4, 0.5) is 5.69 Å². The van der Waals surface area contributed by atoms with Crippen molar-refractivity contribution in [1.29, 1.82) is 0 Å². The van der Waals surface area contributed by atoms with Crippen LogP contribution >= 0.6 is 0 Å². The van der Waals surface area contributed by atoms with Gasteiger partial charge in [0.2, 0.25) is 20.0 Å². The van der Waals surface area contributed by atoms with E-state index in [2.05, 4.69) is 4.72 Å². The van der Waals surface area contributed by atoms with Crippen molar-refractivity contribution >= 4 is 25.7 Å². The molecule has 0 amide bonds. The van der Waals surface area contributed by atoms with Crippen LogP contribution in [0, 0.1) is 0 Å². The summed E-state index contributed by atoms with van der Waals surface area (Å²) in [6.45, 7) is 0.687. The second-order valence-corrected chi connectivity index (χ2v) is 10.2. The molecule has 146 valence electrons. The molecule has 1 aliphatic rings. The van der Waals surface area contributed by atoms with Crippen LogP contribution in [0.25, 0.3) is 0 Å². The van der Waals surface area contributed by atoms with Gasteiger partial charge in [-0.3, -0.25) is 4.72 Å². The standard InChI is InChI=1S/C18H22N2O5S2/c1-25-18-5-3-4-14(10-18)13-27(23,24)19-17-7-6-15-8-9-20(26(2,21)22)12-16(15)11-17/h3-7,10-11,19H,8-9,12-13H2,1-2H3. The lowest BCUT2D eigenvalue weighted by molar-refractivity contribution is 0.395. The summed E-state index contributed by atoms with van der Waals surface area (Å²) >= 11 is 0. The molecule has 0 aromatic heterocycles. The van der Waals surface area contributed by atoms with E-state index in [0.29, 0.717) is 30.0 Å². The maximum Gasteiger partial charge on any atom is 0.236 e. The molecule has 27 heavy (non-hydrogen) atoms. The van der Waals surface area contributed by atoms with Crippen LogP contribution in [0.5, 0.6) is 5.75 Å². The van der Waals surface area contributed by atoms with Crippen molar-refractivity contribution in [2.75, 3.05) is 24.6 Å². The third kappa shape index (κ3) is 5.00. The van der Waals surface area contributed by atoms with E-state index in [9.17, 15) is 16.8 Å². The summed E-state index contributed by atoms with van der Waals surface area (Å²) in [5.41, 5.74) is 2.88. The fourth-order valence-electron chi connectivity index (χ4n) is 3.08. The summed E-state index contributed by atoms with van der Waals surface area (Å²) in [4.78, 5) is 0. The van der Waals surface area contributed by atoms with E-state index in [0.717, 1.165) is 11.1 Å². The van der Waals surface area contributed by atoms with Crippen LogP contribution in [0.1, 0.15) is 16.7 Å². The Hall–Kier alpha value is -2.10. The smallest absolute Gasteiger partial charge is 0.236 e. The summed E-state index contributed by atoms with van der Waals surface area (Å²) in [5.74, 6) is 0.411. The lowest BCUT2D eigenvalue weighted by Crippen LogP contribution is -2.35. The van der Waals surface area contributed by atoms with Crippen molar-refractivity contribution in [2.24, 2.45) is 0 Å². The van der Waals surface area contributed by atoms with Crippen molar-refractivity contribution in [3.63, 3.8) is 0 Å². The molecule has 7 nitrogen and oxygen atoms in total. The predicted molar refractivity (Wildman–Crippen MR) is 105 cm³/mol. The molecule has 0 bridgehead atoms. The van der Waals surface area contributed by atoms with Crippen LogP contribution in [-0.2, 0) is 38.8 Å². The minimum absolute atomic E-state index is 0.184. The molecule has 1 aliphatic heterocycles. The predicted octanol–water partition coefficient (Wildman–Crippen LogP) is 1.95. The number of hydrogen-bond donors (Lipinski definition) is 1. The van der Waals surface area contributed by atoms with E-state index in [4.69, 9.17) is 4.74 Å². The molecule has 0 fully saturated rings. The largest absolute Gasteiger partial charge is 0.497 e. The average Bonchev–Trinajstić information content (AvgIpc) is 2.59. The van der Waals surface area contributed by atoms with E-state index in [1.54, 1.807) is 36.4 Å². The summed E-state index contributed by atoms with van der Waals surface area (Å²) in [7, 11) is -5.37. The van der Waals surface area contributed by atoms with Gasteiger partial charge < -0.3 is 4.74 Å². The quantitative estimate of drug-likeness (QED) is 0.786. The highest BCUT2D eigenvalue weighted by Crippen LogP contribution is 2.25.